The molecular weight excluding hydrogens is 302 g/mol. The molecule has 2 unspecified atom stereocenters. The van der Waals surface area contributed by atoms with Crippen LogP contribution in [0.15, 0.2) is 30.6 Å². The van der Waals surface area contributed by atoms with Crippen molar-refractivity contribution < 1.29 is 4.79 Å². The van der Waals surface area contributed by atoms with Crippen molar-refractivity contribution in [1.82, 2.24) is 19.9 Å². The average molecular weight is 325 g/mol. The highest BCUT2D eigenvalue weighted by atomic mass is 16.2. The van der Waals surface area contributed by atoms with Gasteiger partial charge in [-0.15, -0.1) is 0 Å². The van der Waals surface area contributed by atoms with Gasteiger partial charge in [-0.05, 0) is 43.9 Å². The summed E-state index contributed by atoms with van der Waals surface area (Å²) in [6, 6.07) is 5.57. The number of aromatic nitrogens is 3. The van der Waals surface area contributed by atoms with Crippen LogP contribution in [0, 0.1) is 12.8 Å². The Kier molecular flexibility index (Phi) is 4.85. The van der Waals surface area contributed by atoms with Crippen molar-refractivity contribution in [3.05, 3.63) is 42.0 Å². The molecule has 1 aliphatic rings. The normalized spacial score (nSPS) is 20.9. The van der Waals surface area contributed by atoms with Crippen molar-refractivity contribution in [2.24, 2.45) is 11.7 Å². The van der Waals surface area contributed by atoms with E-state index in [2.05, 4.69) is 21.9 Å². The smallest absolute Gasteiger partial charge is 0.273 e. The predicted molar refractivity (Wildman–Crippen MR) is 92.3 cm³/mol. The number of nitrogens with two attached hydrogens (primary N) is 1. The summed E-state index contributed by atoms with van der Waals surface area (Å²) in [6.07, 6.45) is 5.37. The molecule has 0 aliphatic carbocycles. The fourth-order valence-electron chi connectivity index (χ4n) is 3.18. The zero-order valence-corrected chi connectivity index (χ0v) is 14.1. The van der Waals surface area contributed by atoms with Crippen LogP contribution in [0.3, 0.4) is 0 Å². The number of amides is 1. The largest absolute Gasteiger partial charge is 0.333 e. The summed E-state index contributed by atoms with van der Waals surface area (Å²) >= 11 is 0. The molecule has 0 aromatic carbocycles. The van der Waals surface area contributed by atoms with Crippen LogP contribution in [0.4, 0.5) is 0 Å². The van der Waals surface area contributed by atoms with Gasteiger partial charge in [-0.25, -0.2) is 15.0 Å². The molecule has 1 aliphatic heterocycles. The lowest BCUT2D eigenvalue weighted by atomic mass is 9.93. The van der Waals surface area contributed by atoms with Gasteiger partial charge >= 0.3 is 0 Å². The zero-order chi connectivity index (χ0) is 17.1. The molecule has 1 saturated heterocycles. The number of hydrogen-bond donors (Lipinski definition) is 1. The summed E-state index contributed by atoms with van der Waals surface area (Å²) in [5.74, 6) is 0.906. The number of aryl methyl sites for hydroxylation is 1. The number of nitrogens with zero attached hydrogens (tertiary/aromatic N) is 4. The number of pyridine rings is 1. The van der Waals surface area contributed by atoms with E-state index < -0.39 is 0 Å². The highest BCUT2D eigenvalue weighted by Gasteiger charge is 2.32. The second-order valence-corrected chi connectivity index (χ2v) is 6.45. The number of carbonyl (C=O) groups excluding carboxylic acids is 1. The fraction of sp³-hybridized carbons (Fsp3) is 0.444. The Hall–Kier alpha value is -2.34. The number of rotatable bonds is 3. The lowest BCUT2D eigenvalue weighted by molar-refractivity contribution is 0.0554. The van der Waals surface area contributed by atoms with Crippen molar-refractivity contribution >= 4 is 5.91 Å². The second-order valence-electron chi connectivity index (χ2n) is 6.45. The van der Waals surface area contributed by atoms with Gasteiger partial charge in [-0.2, -0.15) is 0 Å². The van der Waals surface area contributed by atoms with E-state index in [9.17, 15) is 4.79 Å². The maximum Gasteiger partial charge on any atom is 0.273 e. The topological polar surface area (TPSA) is 85.0 Å². The molecule has 0 bridgehead atoms. The Morgan fingerprint density at radius 3 is 2.75 bits per heavy atom. The lowest BCUT2D eigenvalue weighted by Crippen LogP contribution is -2.50. The molecule has 0 saturated carbocycles. The Morgan fingerprint density at radius 1 is 1.29 bits per heavy atom. The lowest BCUT2D eigenvalue weighted by Gasteiger charge is -2.38. The highest BCUT2D eigenvalue weighted by Crippen LogP contribution is 2.26. The summed E-state index contributed by atoms with van der Waals surface area (Å²) in [6.45, 7) is 5.23. The van der Waals surface area contributed by atoms with Crippen LogP contribution >= 0.6 is 0 Å². The van der Waals surface area contributed by atoms with E-state index in [4.69, 9.17) is 5.73 Å². The van der Waals surface area contributed by atoms with Gasteiger partial charge in [-0.3, -0.25) is 4.79 Å². The zero-order valence-electron chi connectivity index (χ0n) is 14.1. The summed E-state index contributed by atoms with van der Waals surface area (Å²) in [5.41, 5.74) is 7.77. The van der Waals surface area contributed by atoms with Crippen LogP contribution in [0.2, 0.25) is 0 Å². The fourth-order valence-corrected chi connectivity index (χ4v) is 3.18. The Labute approximate surface area is 142 Å². The SMILES string of the molecule is Cc1ccc(-c2ncccn2)c(C(=O)N2CC(C)CCC2CN)n1. The molecule has 2 atom stereocenters. The first-order chi connectivity index (χ1) is 11.6. The molecular formula is C18H23N5O. The number of piperidine rings is 1. The van der Waals surface area contributed by atoms with E-state index in [1.165, 1.54) is 0 Å². The van der Waals surface area contributed by atoms with Gasteiger partial charge in [0.05, 0.1) is 5.56 Å². The highest BCUT2D eigenvalue weighted by molar-refractivity contribution is 5.98. The van der Waals surface area contributed by atoms with Crippen LogP contribution < -0.4 is 5.73 Å². The van der Waals surface area contributed by atoms with Crippen molar-refractivity contribution in [3.8, 4) is 11.4 Å². The van der Waals surface area contributed by atoms with Gasteiger partial charge in [0.1, 0.15) is 5.69 Å². The summed E-state index contributed by atoms with van der Waals surface area (Å²) < 4.78 is 0. The third kappa shape index (κ3) is 3.28. The van der Waals surface area contributed by atoms with Gasteiger partial charge in [0.2, 0.25) is 0 Å². The van der Waals surface area contributed by atoms with Crippen molar-refractivity contribution in [1.29, 1.82) is 0 Å². The first-order valence-corrected chi connectivity index (χ1v) is 8.36. The van der Waals surface area contributed by atoms with Gasteiger partial charge in [0, 0.05) is 37.2 Å². The van der Waals surface area contributed by atoms with E-state index in [0.717, 1.165) is 18.5 Å². The predicted octanol–water partition coefficient (Wildman–Crippen LogP) is 2.05. The molecule has 0 radical (unpaired) electrons. The monoisotopic (exact) mass is 325 g/mol. The minimum absolute atomic E-state index is 0.0700. The maximum atomic E-state index is 13.2. The second kappa shape index (κ2) is 7.05. The van der Waals surface area contributed by atoms with Crippen LogP contribution in [-0.2, 0) is 0 Å². The molecule has 2 N–H and O–H groups in total. The van der Waals surface area contributed by atoms with E-state index in [1.807, 2.05) is 24.0 Å². The first kappa shape index (κ1) is 16.5. The Bertz CT molecular complexity index is 719. The molecule has 126 valence electrons. The van der Waals surface area contributed by atoms with Crippen LogP contribution in [0.1, 0.15) is 35.9 Å². The molecule has 1 fully saturated rings. The quantitative estimate of drug-likeness (QED) is 0.933. The molecule has 6 nitrogen and oxygen atoms in total. The van der Waals surface area contributed by atoms with Crippen LogP contribution in [0.5, 0.6) is 0 Å². The third-order valence-corrected chi connectivity index (χ3v) is 4.52. The molecule has 3 heterocycles. The number of carbonyl (C=O) groups is 1. The molecule has 6 heteroatoms. The molecule has 2 aromatic rings. The summed E-state index contributed by atoms with van der Waals surface area (Å²) in [4.78, 5) is 28.1. The average Bonchev–Trinajstić information content (AvgIpc) is 2.61. The first-order valence-electron chi connectivity index (χ1n) is 8.36. The van der Waals surface area contributed by atoms with Gasteiger partial charge in [-0.1, -0.05) is 6.92 Å². The van der Waals surface area contributed by atoms with Crippen LogP contribution in [0.25, 0.3) is 11.4 Å². The Morgan fingerprint density at radius 2 is 2.04 bits per heavy atom. The van der Waals surface area contributed by atoms with E-state index in [-0.39, 0.29) is 11.9 Å². The molecule has 2 aromatic heterocycles. The number of likely N-dealkylation sites (tertiary alicyclic amines) is 1. The van der Waals surface area contributed by atoms with Gasteiger partial charge in [0.15, 0.2) is 5.82 Å². The minimum atomic E-state index is -0.0804. The molecule has 3 rings (SSSR count). The third-order valence-electron chi connectivity index (χ3n) is 4.52. The van der Waals surface area contributed by atoms with Crippen molar-refractivity contribution in [3.63, 3.8) is 0 Å². The number of hydrogen-bond acceptors (Lipinski definition) is 5. The molecule has 1 amide bonds. The molecule has 24 heavy (non-hydrogen) atoms. The summed E-state index contributed by atoms with van der Waals surface area (Å²) in [7, 11) is 0. The van der Waals surface area contributed by atoms with E-state index in [0.29, 0.717) is 36.1 Å². The van der Waals surface area contributed by atoms with Crippen molar-refractivity contribution in [2.75, 3.05) is 13.1 Å². The Balaban J connectivity index is 2.01. The standard InChI is InChI=1S/C18H23N5O/c1-12-4-6-14(10-19)23(11-12)18(24)16-15(7-5-13(2)22-16)17-20-8-3-9-21-17/h3,5,7-9,12,14H,4,6,10-11,19H2,1-2H3. The van der Waals surface area contributed by atoms with Gasteiger partial charge in [0.25, 0.3) is 5.91 Å². The molecule has 0 spiro atoms. The minimum Gasteiger partial charge on any atom is -0.333 e. The van der Waals surface area contributed by atoms with Gasteiger partial charge < -0.3 is 10.6 Å². The van der Waals surface area contributed by atoms with Crippen molar-refractivity contribution in [2.45, 2.75) is 32.7 Å². The van der Waals surface area contributed by atoms with Crippen LogP contribution in [-0.4, -0.2) is 44.9 Å². The maximum absolute atomic E-state index is 13.2. The summed E-state index contributed by atoms with van der Waals surface area (Å²) in [5, 5.41) is 0. The van der Waals surface area contributed by atoms with E-state index >= 15 is 0 Å². The van der Waals surface area contributed by atoms with E-state index in [1.54, 1.807) is 18.5 Å².